The molecule has 0 aliphatic carbocycles. The first-order valence-electron chi connectivity index (χ1n) is 2.93. The fourth-order valence-electron chi connectivity index (χ4n) is 1.15. The molecule has 0 unspecified atom stereocenters. The van der Waals surface area contributed by atoms with Crippen LogP contribution in [-0.2, 0) is 4.79 Å². The topological polar surface area (TPSA) is 20.3 Å². The maximum atomic E-state index is 10.8. The van der Waals surface area contributed by atoms with Crippen molar-refractivity contribution in [2.75, 3.05) is 0 Å². The molecule has 0 N–H and O–H groups in total. The Morgan fingerprint density at radius 2 is 2.67 bits per heavy atom. The third-order valence-electron chi connectivity index (χ3n) is 1.68. The number of β-lactam (4-membered cyclic amide) rings is 1. The van der Waals surface area contributed by atoms with Crippen molar-refractivity contribution in [2.24, 2.45) is 0 Å². The molecule has 1 amide bonds. The summed E-state index contributed by atoms with van der Waals surface area (Å²) in [6.07, 6.45) is 0.757. The van der Waals surface area contributed by atoms with E-state index in [1.165, 1.54) is 2.95 Å². The number of thioether (sulfide) groups is 1. The van der Waals surface area contributed by atoms with Crippen LogP contribution in [0.2, 0.25) is 0 Å². The molecule has 1 saturated heterocycles. The first-order valence-corrected chi connectivity index (χ1v) is 4.87. The molecular formula is C5H4NNaOS. The summed E-state index contributed by atoms with van der Waals surface area (Å²) >= 11 is 2.79. The average Bonchev–Trinajstić information content (AvgIpc) is 2.04. The van der Waals surface area contributed by atoms with Gasteiger partial charge in [0.15, 0.2) is 0 Å². The van der Waals surface area contributed by atoms with E-state index in [9.17, 15) is 4.79 Å². The van der Waals surface area contributed by atoms with E-state index in [4.69, 9.17) is 0 Å². The van der Waals surface area contributed by atoms with Gasteiger partial charge >= 0.3 is 75.4 Å². The van der Waals surface area contributed by atoms with Gasteiger partial charge in [0.2, 0.25) is 0 Å². The number of nitrogens with zero attached hydrogens (tertiary/aromatic N) is 1. The Labute approximate surface area is 75.1 Å². The molecule has 1 atom stereocenters. The Morgan fingerprint density at radius 3 is 3.11 bits per heavy atom. The van der Waals surface area contributed by atoms with Gasteiger partial charge in [0, 0.05) is 0 Å². The number of amides is 1. The maximum absolute atomic E-state index is 10.8. The molecule has 2 rings (SSSR count). The van der Waals surface area contributed by atoms with Gasteiger partial charge in [-0.15, -0.1) is 0 Å². The number of rotatable bonds is 0. The van der Waals surface area contributed by atoms with Crippen molar-refractivity contribution in [1.82, 2.24) is 4.90 Å². The van der Waals surface area contributed by atoms with Crippen LogP contribution in [0.4, 0.5) is 0 Å². The molecular weight excluding hydrogens is 145 g/mol. The zero-order valence-corrected chi connectivity index (χ0v) is 7.94. The van der Waals surface area contributed by atoms with Gasteiger partial charge in [-0.3, -0.25) is 0 Å². The van der Waals surface area contributed by atoms with E-state index in [0.717, 1.165) is 34.4 Å². The van der Waals surface area contributed by atoms with Gasteiger partial charge in [-0.25, -0.2) is 0 Å². The Morgan fingerprint density at radius 1 is 1.89 bits per heavy atom. The predicted octanol–water partition coefficient (Wildman–Crippen LogP) is 0.259. The molecule has 0 bridgehead atoms. The number of carbonyl (C=O) groups is 1. The summed E-state index contributed by atoms with van der Waals surface area (Å²) in [7, 11) is 0. The summed E-state index contributed by atoms with van der Waals surface area (Å²) in [6.45, 7) is 0. The van der Waals surface area contributed by atoms with Crippen molar-refractivity contribution in [3.8, 4) is 0 Å². The molecule has 0 spiro atoms. The SMILES string of the molecule is O=C1C[C@H]2SC=[C]([Na])N12. The van der Waals surface area contributed by atoms with E-state index in [1.807, 2.05) is 4.90 Å². The second-order valence-electron chi connectivity index (χ2n) is 2.32. The third-order valence-corrected chi connectivity index (χ3v) is 4.04. The Kier molecular flexibility index (Phi) is 1.41. The van der Waals surface area contributed by atoms with Crippen LogP contribution >= 0.6 is 11.8 Å². The molecule has 4 heteroatoms. The first kappa shape index (κ1) is 6.28. The van der Waals surface area contributed by atoms with Gasteiger partial charge < -0.3 is 0 Å². The number of hydrogen-bond acceptors (Lipinski definition) is 2. The number of hydrogen-bond donors (Lipinski definition) is 0. The van der Waals surface area contributed by atoms with Crippen molar-refractivity contribution in [3.05, 3.63) is 8.35 Å². The van der Waals surface area contributed by atoms with Gasteiger partial charge in [0.05, 0.1) is 0 Å². The van der Waals surface area contributed by atoms with E-state index >= 15 is 0 Å². The molecule has 1 fully saturated rings. The second-order valence-corrected chi connectivity index (χ2v) is 4.39. The number of fused-ring (bicyclic) bond motifs is 1. The van der Waals surface area contributed by atoms with Gasteiger partial charge in [-0.05, 0) is 0 Å². The van der Waals surface area contributed by atoms with E-state index in [-0.39, 0.29) is 0 Å². The van der Waals surface area contributed by atoms with Crippen molar-refractivity contribution in [1.29, 1.82) is 0 Å². The minimum absolute atomic E-state index is 0.311. The average molecular weight is 149 g/mol. The summed E-state index contributed by atoms with van der Waals surface area (Å²) in [4.78, 5) is 12.7. The Balaban J connectivity index is 2.24. The van der Waals surface area contributed by atoms with Crippen LogP contribution in [0.1, 0.15) is 6.42 Å². The molecule has 2 aliphatic heterocycles. The van der Waals surface area contributed by atoms with Gasteiger partial charge in [0.25, 0.3) is 0 Å². The molecule has 9 heavy (non-hydrogen) atoms. The van der Waals surface area contributed by atoms with Crippen LogP contribution in [0.3, 0.4) is 0 Å². The fraction of sp³-hybridized carbons (Fsp3) is 0.400. The van der Waals surface area contributed by atoms with Crippen molar-refractivity contribution in [3.63, 3.8) is 0 Å². The molecule has 2 heterocycles. The molecule has 42 valence electrons. The van der Waals surface area contributed by atoms with Crippen LogP contribution in [0, 0.1) is 0 Å². The predicted molar refractivity (Wildman–Crippen MR) is 36.7 cm³/mol. The number of carbonyl (C=O) groups excluding carboxylic acids is 1. The minimum atomic E-state index is 0.311. The molecule has 0 saturated carbocycles. The molecule has 2 nitrogen and oxygen atoms in total. The first-order chi connectivity index (χ1) is 4.29. The van der Waals surface area contributed by atoms with E-state index < -0.39 is 0 Å². The van der Waals surface area contributed by atoms with Crippen LogP contribution in [0.25, 0.3) is 0 Å². The summed E-state index contributed by atoms with van der Waals surface area (Å²) in [5.41, 5.74) is 0. The van der Waals surface area contributed by atoms with Crippen LogP contribution in [-0.4, -0.2) is 44.1 Å². The van der Waals surface area contributed by atoms with Gasteiger partial charge in [-0.2, -0.15) is 0 Å². The van der Waals surface area contributed by atoms with Gasteiger partial charge in [0.1, 0.15) is 0 Å². The van der Waals surface area contributed by atoms with Crippen molar-refractivity contribution < 1.29 is 4.79 Å². The normalized spacial score (nSPS) is 31.8. The van der Waals surface area contributed by atoms with Crippen LogP contribution in [0.5, 0.6) is 0 Å². The Bertz CT molecular complexity index is 203. The molecule has 0 radical (unpaired) electrons. The van der Waals surface area contributed by atoms with Crippen molar-refractivity contribution in [2.45, 2.75) is 11.8 Å². The fourth-order valence-corrected chi connectivity index (χ4v) is 3.42. The van der Waals surface area contributed by atoms with E-state index in [1.54, 1.807) is 11.8 Å². The second kappa shape index (κ2) is 2.02. The molecule has 0 aromatic rings. The summed E-state index contributed by atoms with van der Waals surface area (Å²) in [5.74, 6) is 0.311. The molecule has 0 aromatic carbocycles. The standard InChI is InChI=1S/C5H4NOS.Na/c7-4-3-5-6(4)1-2-8-5;/h2,5H,3H2;/t5-;/m1./s1. The van der Waals surface area contributed by atoms with E-state index in [2.05, 4.69) is 5.41 Å². The Hall–Kier alpha value is 0.560. The van der Waals surface area contributed by atoms with Gasteiger partial charge in [-0.1, -0.05) is 0 Å². The van der Waals surface area contributed by atoms with Crippen molar-refractivity contribution >= 4 is 45.6 Å². The van der Waals surface area contributed by atoms with Crippen LogP contribution < -0.4 is 0 Å². The van der Waals surface area contributed by atoms with E-state index in [0.29, 0.717) is 11.3 Å². The zero-order valence-electron chi connectivity index (χ0n) is 5.13. The third kappa shape index (κ3) is 0.792. The van der Waals surface area contributed by atoms with Crippen LogP contribution in [0.15, 0.2) is 8.35 Å². The molecule has 0 aromatic heterocycles. The summed E-state index contributed by atoms with van der Waals surface area (Å²) in [6, 6.07) is 0. The quantitative estimate of drug-likeness (QED) is 0.363. The summed E-state index contributed by atoms with van der Waals surface area (Å²) in [5, 5.41) is 2.60. The monoisotopic (exact) mass is 149 g/mol. The summed E-state index contributed by atoms with van der Waals surface area (Å²) < 4.78 is 1.25. The zero-order chi connectivity index (χ0) is 6.43. The molecule has 2 aliphatic rings.